The van der Waals surface area contributed by atoms with Crippen LogP contribution in [0.2, 0.25) is 0 Å². The zero-order valence-electron chi connectivity index (χ0n) is 12.1. The number of halogens is 1. The molecule has 0 spiro atoms. The molecule has 1 aliphatic rings. The van der Waals surface area contributed by atoms with Gasteiger partial charge in [-0.3, -0.25) is 4.98 Å². The zero-order valence-corrected chi connectivity index (χ0v) is 14.5. The smallest absolute Gasteiger partial charge is 0.189 e. The van der Waals surface area contributed by atoms with Crippen LogP contribution in [-0.2, 0) is 6.54 Å². The topological polar surface area (TPSA) is 63.3 Å². The zero-order chi connectivity index (χ0) is 13.5. The quantitative estimate of drug-likeness (QED) is 0.362. The van der Waals surface area contributed by atoms with Crippen molar-refractivity contribution in [2.24, 2.45) is 10.7 Å². The van der Waals surface area contributed by atoms with Gasteiger partial charge in [0, 0.05) is 17.9 Å². The fraction of sp³-hybridized carbons (Fsp3) is 0.600. The van der Waals surface area contributed by atoms with Crippen LogP contribution < -0.4 is 11.1 Å². The van der Waals surface area contributed by atoms with E-state index in [0.717, 1.165) is 11.3 Å². The van der Waals surface area contributed by atoms with Crippen LogP contribution in [0.4, 0.5) is 0 Å². The van der Waals surface area contributed by atoms with Gasteiger partial charge < -0.3 is 11.1 Å². The first-order valence-electron chi connectivity index (χ1n) is 7.22. The SMILES string of the molecule is Cc1ccc(CN=C(N)NC2CCCCCC2)cn1.I. The summed E-state index contributed by atoms with van der Waals surface area (Å²) in [5.74, 6) is 0.562. The van der Waals surface area contributed by atoms with Crippen LogP contribution >= 0.6 is 24.0 Å². The van der Waals surface area contributed by atoms with E-state index in [2.05, 4.69) is 15.3 Å². The number of nitrogens with zero attached hydrogens (tertiary/aromatic N) is 2. The van der Waals surface area contributed by atoms with Crippen LogP contribution in [-0.4, -0.2) is 17.0 Å². The van der Waals surface area contributed by atoms with E-state index in [1.165, 1.54) is 38.5 Å². The summed E-state index contributed by atoms with van der Waals surface area (Å²) >= 11 is 0. The van der Waals surface area contributed by atoms with Gasteiger partial charge in [-0.25, -0.2) is 4.99 Å². The summed E-state index contributed by atoms with van der Waals surface area (Å²) in [6.45, 7) is 2.58. The van der Waals surface area contributed by atoms with Crippen LogP contribution in [0.25, 0.3) is 0 Å². The van der Waals surface area contributed by atoms with Crippen molar-refractivity contribution >= 4 is 29.9 Å². The summed E-state index contributed by atoms with van der Waals surface area (Å²) in [7, 11) is 0. The Morgan fingerprint density at radius 1 is 1.30 bits per heavy atom. The van der Waals surface area contributed by atoms with Crippen molar-refractivity contribution in [3.05, 3.63) is 29.6 Å². The molecule has 2 rings (SSSR count). The van der Waals surface area contributed by atoms with E-state index in [4.69, 9.17) is 5.73 Å². The van der Waals surface area contributed by atoms with E-state index in [-0.39, 0.29) is 24.0 Å². The number of aromatic nitrogens is 1. The van der Waals surface area contributed by atoms with Gasteiger partial charge in [0.25, 0.3) is 0 Å². The summed E-state index contributed by atoms with van der Waals surface area (Å²) in [6, 6.07) is 4.55. The van der Waals surface area contributed by atoms with Crippen molar-refractivity contribution < 1.29 is 0 Å². The summed E-state index contributed by atoms with van der Waals surface area (Å²) in [5, 5.41) is 3.35. The van der Waals surface area contributed by atoms with Crippen molar-refractivity contribution in [1.29, 1.82) is 0 Å². The van der Waals surface area contributed by atoms with E-state index in [0.29, 0.717) is 18.5 Å². The van der Waals surface area contributed by atoms with Crippen molar-refractivity contribution in [3.63, 3.8) is 0 Å². The molecule has 0 amide bonds. The Morgan fingerprint density at radius 3 is 2.60 bits per heavy atom. The number of nitrogens with one attached hydrogen (secondary N) is 1. The third kappa shape index (κ3) is 6.07. The minimum atomic E-state index is 0. The first-order chi connectivity index (χ1) is 9.24. The lowest BCUT2D eigenvalue weighted by Crippen LogP contribution is -2.39. The second-order valence-corrected chi connectivity index (χ2v) is 5.34. The molecule has 0 aliphatic heterocycles. The van der Waals surface area contributed by atoms with Gasteiger partial charge in [-0.05, 0) is 31.4 Å². The van der Waals surface area contributed by atoms with Gasteiger partial charge >= 0.3 is 0 Å². The molecule has 1 aliphatic carbocycles. The monoisotopic (exact) mass is 388 g/mol. The average Bonchev–Trinajstić information content (AvgIpc) is 2.67. The van der Waals surface area contributed by atoms with Crippen molar-refractivity contribution in [2.45, 2.75) is 58.0 Å². The lowest BCUT2D eigenvalue weighted by Gasteiger charge is -2.16. The molecule has 3 N–H and O–H groups in total. The number of nitrogens with two attached hydrogens (primary N) is 1. The van der Waals surface area contributed by atoms with Gasteiger partial charge in [0.05, 0.1) is 6.54 Å². The maximum absolute atomic E-state index is 5.95. The van der Waals surface area contributed by atoms with Gasteiger partial charge in [0.15, 0.2) is 5.96 Å². The molecule has 1 heterocycles. The van der Waals surface area contributed by atoms with Crippen molar-refractivity contribution in [2.75, 3.05) is 0 Å². The first kappa shape index (κ1) is 17.2. The largest absolute Gasteiger partial charge is 0.370 e. The van der Waals surface area contributed by atoms with Gasteiger partial charge in [-0.15, -0.1) is 24.0 Å². The van der Waals surface area contributed by atoms with E-state index in [1.807, 2.05) is 25.3 Å². The van der Waals surface area contributed by atoms with Crippen LogP contribution in [0.15, 0.2) is 23.3 Å². The van der Waals surface area contributed by atoms with E-state index < -0.39 is 0 Å². The fourth-order valence-electron chi connectivity index (χ4n) is 2.45. The Hall–Kier alpha value is -0.850. The predicted molar refractivity (Wildman–Crippen MR) is 94.3 cm³/mol. The van der Waals surface area contributed by atoms with E-state index in [9.17, 15) is 0 Å². The molecule has 0 unspecified atom stereocenters. The second kappa shape index (κ2) is 9.15. The van der Waals surface area contributed by atoms with Crippen LogP contribution in [0.5, 0.6) is 0 Å². The van der Waals surface area contributed by atoms with E-state index >= 15 is 0 Å². The number of aliphatic imine (C=N–C) groups is 1. The Kier molecular flexibility index (Phi) is 7.87. The van der Waals surface area contributed by atoms with Crippen LogP contribution in [0.3, 0.4) is 0 Å². The molecule has 0 radical (unpaired) electrons. The average molecular weight is 388 g/mol. The molecule has 20 heavy (non-hydrogen) atoms. The molecule has 4 nitrogen and oxygen atoms in total. The van der Waals surface area contributed by atoms with Crippen molar-refractivity contribution in [1.82, 2.24) is 10.3 Å². The number of hydrogen-bond donors (Lipinski definition) is 2. The van der Waals surface area contributed by atoms with Crippen LogP contribution in [0.1, 0.15) is 49.8 Å². The summed E-state index contributed by atoms with van der Waals surface area (Å²) in [5.41, 5.74) is 8.07. The molecule has 1 fully saturated rings. The minimum Gasteiger partial charge on any atom is -0.370 e. The van der Waals surface area contributed by atoms with Gasteiger partial charge in [-0.2, -0.15) is 0 Å². The van der Waals surface area contributed by atoms with Gasteiger partial charge in [0.2, 0.25) is 0 Å². The number of guanidine groups is 1. The van der Waals surface area contributed by atoms with Crippen molar-refractivity contribution in [3.8, 4) is 0 Å². The first-order valence-corrected chi connectivity index (χ1v) is 7.22. The lowest BCUT2D eigenvalue weighted by atomic mass is 10.1. The number of aryl methyl sites for hydroxylation is 1. The highest BCUT2D eigenvalue weighted by molar-refractivity contribution is 14.0. The molecule has 0 aromatic carbocycles. The summed E-state index contributed by atoms with van der Waals surface area (Å²) in [6.07, 6.45) is 9.58. The lowest BCUT2D eigenvalue weighted by molar-refractivity contribution is 0.530. The molecule has 0 saturated heterocycles. The third-order valence-electron chi connectivity index (χ3n) is 3.61. The molecular formula is C15H25IN4. The highest BCUT2D eigenvalue weighted by atomic mass is 127. The molecule has 1 aromatic rings. The van der Waals surface area contributed by atoms with E-state index in [1.54, 1.807) is 0 Å². The molecule has 112 valence electrons. The van der Waals surface area contributed by atoms with Gasteiger partial charge in [-0.1, -0.05) is 31.7 Å². The second-order valence-electron chi connectivity index (χ2n) is 5.34. The fourth-order valence-corrected chi connectivity index (χ4v) is 2.45. The molecule has 0 bridgehead atoms. The Labute approximate surface area is 138 Å². The minimum absolute atomic E-state index is 0. The highest BCUT2D eigenvalue weighted by Gasteiger charge is 2.12. The number of rotatable bonds is 3. The maximum Gasteiger partial charge on any atom is 0.189 e. The Bertz CT molecular complexity index is 408. The third-order valence-corrected chi connectivity index (χ3v) is 3.61. The van der Waals surface area contributed by atoms with Gasteiger partial charge in [0.1, 0.15) is 0 Å². The van der Waals surface area contributed by atoms with Crippen LogP contribution in [0, 0.1) is 6.92 Å². The molecule has 5 heteroatoms. The Balaban J connectivity index is 0.00000200. The molecule has 0 atom stereocenters. The standard InChI is InChI=1S/C15H24N4.HI/c1-12-8-9-13(10-17-12)11-18-15(16)19-14-6-4-2-3-5-7-14;/h8-10,14H,2-7,11H2,1H3,(H3,16,18,19);1H. The molecule has 1 aromatic heterocycles. The Morgan fingerprint density at radius 2 is 2.00 bits per heavy atom. The predicted octanol–water partition coefficient (Wildman–Crippen LogP) is 3.14. The highest BCUT2D eigenvalue weighted by Crippen LogP contribution is 2.16. The summed E-state index contributed by atoms with van der Waals surface area (Å²) in [4.78, 5) is 8.65. The normalized spacial score (nSPS) is 17.1. The number of pyridine rings is 1. The maximum atomic E-state index is 5.95. The molecule has 1 saturated carbocycles. The summed E-state index contributed by atoms with van der Waals surface area (Å²) < 4.78 is 0. The number of hydrogen-bond acceptors (Lipinski definition) is 2. The molecular weight excluding hydrogens is 363 g/mol.